The fourth-order valence-electron chi connectivity index (χ4n) is 5.06. The van der Waals surface area contributed by atoms with Gasteiger partial charge in [-0.3, -0.25) is 5.21 Å². The Morgan fingerprint density at radius 1 is 1.03 bits per heavy atom. The summed E-state index contributed by atoms with van der Waals surface area (Å²) in [5.41, 5.74) is 3.08. The van der Waals surface area contributed by atoms with E-state index < -0.39 is 6.29 Å². The second-order valence-electron chi connectivity index (χ2n) is 8.43. The van der Waals surface area contributed by atoms with Crippen LogP contribution in [0.4, 0.5) is 0 Å². The van der Waals surface area contributed by atoms with Crippen molar-refractivity contribution in [3.8, 4) is 0 Å². The predicted molar refractivity (Wildman–Crippen MR) is 119 cm³/mol. The van der Waals surface area contributed by atoms with Gasteiger partial charge in [0.15, 0.2) is 6.29 Å². The third kappa shape index (κ3) is 4.29. The van der Waals surface area contributed by atoms with Crippen molar-refractivity contribution in [2.45, 2.75) is 63.3 Å². The summed E-state index contributed by atoms with van der Waals surface area (Å²) in [6.07, 6.45) is 6.50. The molecule has 0 radical (unpaired) electrons. The molecule has 0 unspecified atom stereocenters. The van der Waals surface area contributed by atoms with E-state index in [2.05, 4.69) is 43.0 Å². The molecule has 2 aromatic rings. The zero-order valence-corrected chi connectivity index (χ0v) is 17.7. The number of rotatable bonds is 6. The van der Waals surface area contributed by atoms with Crippen molar-refractivity contribution in [3.05, 3.63) is 89.7 Å². The Morgan fingerprint density at radius 2 is 1.67 bits per heavy atom. The topological polar surface area (TPSA) is 44.5 Å². The van der Waals surface area contributed by atoms with Crippen LogP contribution in [0.15, 0.2) is 73.3 Å². The van der Waals surface area contributed by atoms with E-state index in [-0.39, 0.29) is 17.9 Å². The predicted octanol–water partition coefficient (Wildman–Crippen LogP) is 5.95. The van der Waals surface area contributed by atoms with E-state index in [1.54, 1.807) is 0 Å². The van der Waals surface area contributed by atoms with Crippen LogP contribution in [0.1, 0.15) is 62.0 Å². The summed E-state index contributed by atoms with van der Waals surface area (Å²) >= 11 is 0. The fraction of sp³-hybridized carbons (Fsp3) is 0.423. The minimum atomic E-state index is -0.594. The van der Waals surface area contributed by atoms with Gasteiger partial charge in [-0.2, -0.15) is 0 Å². The maximum atomic E-state index is 12.7. The number of hydrogen-bond donors (Lipinski definition) is 0. The molecule has 0 N–H and O–H groups in total. The minimum absolute atomic E-state index is 0.00782. The molecule has 2 aromatic carbocycles. The third-order valence-electron chi connectivity index (χ3n) is 6.55. The Labute approximate surface area is 179 Å². The fourth-order valence-corrected chi connectivity index (χ4v) is 5.06. The van der Waals surface area contributed by atoms with Crippen LogP contribution in [0, 0.1) is 11.1 Å². The molecule has 1 aliphatic carbocycles. The average Bonchev–Trinajstić information content (AvgIpc) is 2.79. The second kappa shape index (κ2) is 9.48. The molecule has 2 aliphatic rings. The van der Waals surface area contributed by atoms with Crippen molar-refractivity contribution in [2.75, 3.05) is 0 Å². The molecule has 4 nitrogen and oxygen atoms in total. The van der Waals surface area contributed by atoms with E-state index in [0.717, 1.165) is 31.2 Å². The van der Waals surface area contributed by atoms with Gasteiger partial charge in [-0.1, -0.05) is 79.6 Å². The summed E-state index contributed by atoms with van der Waals surface area (Å²) in [5, 5.41) is 12.7. The monoisotopic (exact) mass is 405 g/mol. The molecule has 4 heteroatoms. The second-order valence-corrected chi connectivity index (χ2v) is 8.43. The highest BCUT2D eigenvalue weighted by molar-refractivity contribution is 5.85. The quantitative estimate of drug-likeness (QED) is 0.441. The first kappa shape index (κ1) is 20.7. The number of nitrogens with zero attached hydrogens (tertiary/aromatic N) is 1. The highest BCUT2D eigenvalue weighted by Gasteiger charge is 2.43. The molecule has 0 amide bonds. The van der Waals surface area contributed by atoms with Gasteiger partial charge in [0.05, 0.1) is 12.0 Å². The van der Waals surface area contributed by atoms with Gasteiger partial charge in [0.2, 0.25) is 5.71 Å². The van der Waals surface area contributed by atoms with Crippen LogP contribution >= 0.6 is 0 Å². The molecular weight excluding hydrogens is 374 g/mol. The Hall–Kier alpha value is -2.59. The first-order chi connectivity index (χ1) is 14.7. The molecule has 0 saturated heterocycles. The Morgan fingerprint density at radius 3 is 2.33 bits per heavy atom. The zero-order valence-electron chi connectivity index (χ0n) is 17.7. The molecule has 5 atom stereocenters. The van der Waals surface area contributed by atoms with E-state index >= 15 is 0 Å². The lowest BCUT2D eigenvalue weighted by molar-refractivity contribution is -0.776. The number of allylic oxidation sites excluding steroid dienone is 1. The first-order valence-electron chi connectivity index (χ1n) is 11.0. The summed E-state index contributed by atoms with van der Waals surface area (Å²) in [6.45, 7) is 5.81. The van der Waals surface area contributed by atoms with Crippen LogP contribution < -0.4 is 0 Å². The van der Waals surface area contributed by atoms with E-state index in [9.17, 15) is 5.21 Å². The Kier molecular flexibility index (Phi) is 6.53. The zero-order chi connectivity index (χ0) is 20.9. The van der Waals surface area contributed by atoms with Crippen LogP contribution in [-0.4, -0.2) is 23.0 Å². The maximum absolute atomic E-state index is 12.7. The number of hydrogen-bond acceptors (Lipinski definition) is 3. The van der Waals surface area contributed by atoms with Gasteiger partial charge < -0.3 is 9.57 Å². The molecule has 0 aromatic heterocycles. The van der Waals surface area contributed by atoms with Gasteiger partial charge in [-0.25, -0.2) is 0 Å². The lowest BCUT2D eigenvalue weighted by atomic mass is 9.79. The molecule has 0 spiro atoms. The maximum Gasteiger partial charge on any atom is 0.226 e. The SMILES string of the molecule is C=CC[C@@H]1[C@@H](O[C@@H]2CCCC[C@H]2c2ccccc2)O[N+]([O-])=C(C)[C@@H]1c1ccccc1. The minimum Gasteiger partial charge on any atom is -0.372 e. The molecule has 1 fully saturated rings. The Bertz CT molecular complexity index is 864. The van der Waals surface area contributed by atoms with Crippen molar-refractivity contribution in [1.82, 2.24) is 0 Å². The van der Waals surface area contributed by atoms with Crippen LogP contribution in [0.3, 0.4) is 0 Å². The lowest BCUT2D eigenvalue weighted by Crippen LogP contribution is -2.46. The van der Waals surface area contributed by atoms with Crippen molar-refractivity contribution < 1.29 is 14.5 Å². The molecule has 1 aliphatic heterocycles. The van der Waals surface area contributed by atoms with Crippen molar-refractivity contribution in [2.24, 2.45) is 5.92 Å². The van der Waals surface area contributed by atoms with Crippen molar-refractivity contribution >= 4 is 5.71 Å². The van der Waals surface area contributed by atoms with Crippen molar-refractivity contribution in [1.29, 1.82) is 0 Å². The van der Waals surface area contributed by atoms with E-state index in [0.29, 0.717) is 16.5 Å². The first-order valence-corrected chi connectivity index (χ1v) is 11.0. The van der Waals surface area contributed by atoms with Crippen LogP contribution in [0.5, 0.6) is 0 Å². The van der Waals surface area contributed by atoms with E-state index in [4.69, 9.17) is 9.57 Å². The Balaban J connectivity index is 1.62. The molecular formula is C26H31NO3. The third-order valence-corrected chi connectivity index (χ3v) is 6.55. The molecule has 4 rings (SSSR count). The highest BCUT2D eigenvalue weighted by Crippen LogP contribution is 2.41. The summed E-state index contributed by atoms with van der Waals surface area (Å²) in [7, 11) is 0. The van der Waals surface area contributed by atoms with Gasteiger partial charge in [0, 0.05) is 23.7 Å². The molecule has 1 heterocycles. The van der Waals surface area contributed by atoms with E-state index in [1.807, 2.05) is 37.3 Å². The molecule has 30 heavy (non-hydrogen) atoms. The normalized spacial score (nSPS) is 29.3. The molecule has 0 bridgehead atoms. The summed E-state index contributed by atoms with van der Waals surface area (Å²) in [6, 6.07) is 20.8. The van der Waals surface area contributed by atoms with Gasteiger partial charge in [0.25, 0.3) is 0 Å². The summed E-state index contributed by atoms with van der Waals surface area (Å²) in [5.74, 6) is 0.280. The van der Waals surface area contributed by atoms with Crippen LogP contribution in [-0.2, 0) is 9.57 Å². The van der Waals surface area contributed by atoms with E-state index in [1.165, 1.54) is 12.0 Å². The largest absolute Gasteiger partial charge is 0.372 e. The average molecular weight is 406 g/mol. The van der Waals surface area contributed by atoms with Gasteiger partial charge in [0.1, 0.15) is 0 Å². The van der Waals surface area contributed by atoms with Crippen LogP contribution in [0.25, 0.3) is 0 Å². The number of benzene rings is 2. The van der Waals surface area contributed by atoms with Gasteiger partial charge in [-0.15, -0.1) is 6.58 Å². The smallest absolute Gasteiger partial charge is 0.226 e. The number of ether oxygens (including phenoxy) is 1. The van der Waals surface area contributed by atoms with Gasteiger partial charge in [-0.05, 0) is 30.4 Å². The lowest BCUT2D eigenvalue weighted by Gasteiger charge is -2.41. The highest BCUT2D eigenvalue weighted by atomic mass is 16.9. The summed E-state index contributed by atoms with van der Waals surface area (Å²) < 4.78 is 6.61. The standard InChI is InChI=1S/C26H31NO3/c1-3-12-23-25(21-15-8-5-9-16-21)19(2)27(28)30-26(23)29-24-18-11-10-17-22(24)20-13-6-4-7-14-20/h3-9,13-16,22-26H,1,10-12,17-18H2,2H3/t22-,23-,24+,25+,26-/m0/s1. The molecule has 1 saturated carbocycles. The summed E-state index contributed by atoms with van der Waals surface area (Å²) in [4.78, 5) is 6.44. The van der Waals surface area contributed by atoms with Crippen molar-refractivity contribution in [3.63, 3.8) is 0 Å². The molecule has 158 valence electrons. The van der Waals surface area contributed by atoms with Crippen LogP contribution in [0.2, 0.25) is 0 Å². The van der Waals surface area contributed by atoms with Gasteiger partial charge >= 0.3 is 0 Å².